The normalized spacial score (nSPS) is 14.2. The molecule has 0 heterocycles. The van der Waals surface area contributed by atoms with E-state index in [4.69, 9.17) is 0 Å². The minimum Gasteiger partial charge on any atom is -0.382 e. The average Bonchev–Trinajstić information content (AvgIpc) is 2.92. The minimum atomic E-state index is -1.20. The summed E-state index contributed by atoms with van der Waals surface area (Å²) in [5, 5.41) is 21.0. The lowest BCUT2D eigenvalue weighted by Gasteiger charge is -2.25. The molecule has 0 aliphatic carbocycles. The van der Waals surface area contributed by atoms with Gasteiger partial charge in [-0.2, -0.15) is 0 Å². The zero-order chi connectivity index (χ0) is 28.1. The average molecular weight is 511 g/mol. The Labute approximate surface area is 225 Å². The first-order valence-electron chi connectivity index (χ1n) is 14.2. The second-order valence-electron chi connectivity index (χ2n) is 10.4. The summed E-state index contributed by atoms with van der Waals surface area (Å²) in [7, 11) is 0. The highest BCUT2D eigenvalue weighted by molar-refractivity contribution is 6.03. The molecule has 0 aliphatic rings. The van der Waals surface area contributed by atoms with E-state index in [9.17, 15) is 19.8 Å². The van der Waals surface area contributed by atoms with E-state index in [1.165, 1.54) is 11.1 Å². The van der Waals surface area contributed by atoms with Crippen LogP contribution >= 0.6 is 0 Å². The first kappa shape index (κ1) is 32.7. The molecule has 0 spiro atoms. The summed E-state index contributed by atoms with van der Waals surface area (Å²) in [5.74, 6) is -0.270. The fourth-order valence-electron chi connectivity index (χ4n) is 4.37. The van der Waals surface area contributed by atoms with E-state index in [1.54, 1.807) is 0 Å². The molecule has 37 heavy (non-hydrogen) atoms. The number of carbonyl (C=O) groups is 2. The van der Waals surface area contributed by atoms with E-state index in [1.807, 2.05) is 70.2 Å². The van der Waals surface area contributed by atoms with Gasteiger partial charge < -0.3 is 10.2 Å². The fourth-order valence-corrected chi connectivity index (χ4v) is 4.37. The first-order chi connectivity index (χ1) is 17.5. The van der Waals surface area contributed by atoms with Gasteiger partial charge in [-0.1, -0.05) is 103 Å². The fraction of sp³-hybridized carbons (Fsp3) is 0.576. The zero-order valence-electron chi connectivity index (χ0n) is 24.3. The number of aliphatic hydroxyl groups is 2. The molecule has 4 nitrogen and oxygen atoms in total. The number of aryl methyl sites for hydroxylation is 3. The standard InChI is InChI=1S/C17H26O2.C16H24O2/c1-4-7-13-17(19,6-3)16(18)15-11-9-14(8-5-2)10-12-15;1-5-7-10-16(18,6-2)15(17)14-9-8-12(3)13(4)11-14/h9-12,19H,4-8,13H2,1-3H3;8-9,11,18H,5-7,10H2,1-4H3. The molecule has 2 aromatic rings. The largest absolute Gasteiger partial charge is 0.382 e. The predicted octanol–water partition coefficient (Wildman–Crippen LogP) is 7.97. The van der Waals surface area contributed by atoms with Crippen LogP contribution in [0.4, 0.5) is 0 Å². The van der Waals surface area contributed by atoms with Crippen LogP contribution in [0.3, 0.4) is 0 Å². The van der Waals surface area contributed by atoms with Gasteiger partial charge in [0.1, 0.15) is 11.2 Å². The topological polar surface area (TPSA) is 74.6 Å². The van der Waals surface area contributed by atoms with Crippen LogP contribution in [0.2, 0.25) is 0 Å². The molecule has 206 valence electrons. The SMILES string of the molecule is CCCCC(O)(CC)C(=O)c1ccc(C)c(C)c1.CCCCC(O)(CC)C(=O)c1ccc(CCC)cc1. The molecule has 2 N–H and O–H groups in total. The van der Waals surface area contributed by atoms with Crippen molar-refractivity contribution in [1.29, 1.82) is 0 Å². The second-order valence-corrected chi connectivity index (χ2v) is 10.4. The lowest BCUT2D eigenvalue weighted by Crippen LogP contribution is -2.38. The third kappa shape index (κ3) is 9.50. The highest BCUT2D eigenvalue weighted by Crippen LogP contribution is 2.25. The van der Waals surface area contributed by atoms with Gasteiger partial charge in [0, 0.05) is 11.1 Å². The van der Waals surface area contributed by atoms with Crippen molar-refractivity contribution >= 4 is 11.6 Å². The van der Waals surface area contributed by atoms with E-state index < -0.39 is 11.2 Å². The zero-order valence-corrected chi connectivity index (χ0v) is 24.3. The lowest BCUT2D eigenvalue weighted by molar-refractivity contribution is 0.0240. The molecule has 0 saturated heterocycles. The summed E-state index contributed by atoms with van der Waals surface area (Å²) in [4.78, 5) is 24.8. The van der Waals surface area contributed by atoms with E-state index in [0.29, 0.717) is 36.8 Å². The predicted molar refractivity (Wildman–Crippen MR) is 155 cm³/mol. The summed E-state index contributed by atoms with van der Waals surface area (Å²) in [6.45, 7) is 14.0. The summed E-state index contributed by atoms with van der Waals surface area (Å²) >= 11 is 0. The highest BCUT2D eigenvalue weighted by atomic mass is 16.3. The van der Waals surface area contributed by atoms with Crippen molar-refractivity contribution < 1.29 is 19.8 Å². The maximum absolute atomic E-state index is 12.4. The Bertz CT molecular complexity index is 978. The summed E-state index contributed by atoms with van der Waals surface area (Å²) < 4.78 is 0. The van der Waals surface area contributed by atoms with Gasteiger partial charge in [-0.3, -0.25) is 9.59 Å². The Hall–Kier alpha value is -2.30. The molecule has 0 fully saturated rings. The Balaban J connectivity index is 0.000000371. The first-order valence-corrected chi connectivity index (χ1v) is 14.2. The van der Waals surface area contributed by atoms with Crippen molar-refractivity contribution in [2.45, 2.75) is 124 Å². The van der Waals surface area contributed by atoms with Crippen molar-refractivity contribution in [1.82, 2.24) is 0 Å². The number of Topliss-reactive ketones (excluding diaryl/α,β-unsaturated/α-hetero) is 2. The smallest absolute Gasteiger partial charge is 0.194 e. The molecule has 0 aliphatic heterocycles. The van der Waals surface area contributed by atoms with Gasteiger partial charge >= 0.3 is 0 Å². The number of carbonyl (C=O) groups excluding carboxylic acids is 2. The number of ketones is 2. The number of hydrogen-bond acceptors (Lipinski definition) is 4. The molecule has 4 heteroatoms. The molecule has 0 saturated carbocycles. The molecule has 2 rings (SSSR count). The van der Waals surface area contributed by atoms with E-state index in [2.05, 4.69) is 20.8 Å². The second kappa shape index (κ2) is 15.8. The maximum Gasteiger partial charge on any atom is 0.194 e. The Morgan fingerprint density at radius 3 is 1.51 bits per heavy atom. The molecule has 2 aromatic carbocycles. The third-order valence-corrected chi connectivity index (χ3v) is 7.43. The van der Waals surface area contributed by atoms with Crippen molar-refractivity contribution in [2.24, 2.45) is 0 Å². The molecule has 0 radical (unpaired) electrons. The number of unbranched alkanes of at least 4 members (excludes halogenated alkanes) is 2. The van der Waals surface area contributed by atoms with Gasteiger partial charge in [0.15, 0.2) is 11.6 Å². The molecule has 2 atom stereocenters. The highest BCUT2D eigenvalue weighted by Gasteiger charge is 2.34. The van der Waals surface area contributed by atoms with E-state index in [-0.39, 0.29) is 11.6 Å². The summed E-state index contributed by atoms with van der Waals surface area (Å²) in [5.41, 5.74) is 2.36. The number of hydrogen-bond donors (Lipinski definition) is 2. The molecule has 2 unspecified atom stereocenters. The van der Waals surface area contributed by atoms with E-state index in [0.717, 1.165) is 44.1 Å². The minimum absolute atomic E-state index is 0.133. The molecule has 0 bridgehead atoms. The lowest BCUT2D eigenvalue weighted by atomic mass is 9.85. The molecule has 0 aromatic heterocycles. The van der Waals surface area contributed by atoms with Crippen LogP contribution in [-0.2, 0) is 6.42 Å². The van der Waals surface area contributed by atoms with Crippen LogP contribution < -0.4 is 0 Å². The van der Waals surface area contributed by atoms with Crippen LogP contribution in [0, 0.1) is 13.8 Å². The van der Waals surface area contributed by atoms with E-state index >= 15 is 0 Å². The van der Waals surface area contributed by atoms with Gasteiger partial charge in [0.25, 0.3) is 0 Å². The Morgan fingerprint density at radius 2 is 1.11 bits per heavy atom. The molecular formula is C33H50O4. The Kier molecular flexibility index (Phi) is 14.0. The van der Waals surface area contributed by atoms with Crippen molar-refractivity contribution in [3.8, 4) is 0 Å². The summed E-state index contributed by atoms with van der Waals surface area (Å²) in [6.07, 6.45) is 7.91. The van der Waals surface area contributed by atoms with Gasteiger partial charge in [0.2, 0.25) is 0 Å². The third-order valence-electron chi connectivity index (χ3n) is 7.43. The van der Waals surface area contributed by atoms with Crippen LogP contribution in [0.15, 0.2) is 42.5 Å². The van der Waals surface area contributed by atoms with Crippen LogP contribution in [-0.4, -0.2) is 33.0 Å². The van der Waals surface area contributed by atoms with Crippen molar-refractivity contribution in [3.63, 3.8) is 0 Å². The van der Waals surface area contributed by atoms with Crippen molar-refractivity contribution in [2.75, 3.05) is 0 Å². The van der Waals surface area contributed by atoms with Crippen LogP contribution in [0.5, 0.6) is 0 Å². The number of benzene rings is 2. The number of rotatable bonds is 14. The van der Waals surface area contributed by atoms with Crippen LogP contribution in [0.1, 0.15) is 130 Å². The quantitative estimate of drug-likeness (QED) is 0.253. The van der Waals surface area contributed by atoms with Gasteiger partial charge in [-0.05, 0) is 68.7 Å². The monoisotopic (exact) mass is 510 g/mol. The summed E-state index contributed by atoms with van der Waals surface area (Å²) in [6, 6.07) is 13.3. The van der Waals surface area contributed by atoms with Gasteiger partial charge in [-0.15, -0.1) is 0 Å². The maximum atomic E-state index is 12.4. The van der Waals surface area contributed by atoms with Gasteiger partial charge in [-0.25, -0.2) is 0 Å². The van der Waals surface area contributed by atoms with Crippen LogP contribution in [0.25, 0.3) is 0 Å². The van der Waals surface area contributed by atoms with Gasteiger partial charge in [0.05, 0.1) is 0 Å². The molecule has 0 amide bonds. The Morgan fingerprint density at radius 1 is 0.649 bits per heavy atom. The molecular weight excluding hydrogens is 460 g/mol. The van der Waals surface area contributed by atoms with Crippen molar-refractivity contribution in [3.05, 3.63) is 70.3 Å².